The van der Waals surface area contributed by atoms with Gasteiger partial charge in [0.2, 0.25) is 0 Å². The van der Waals surface area contributed by atoms with Crippen molar-refractivity contribution in [3.63, 3.8) is 0 Å². The number of carbonyl (C=O) groups excluding carboxylic acids is 1. The molecule has 1 aliphatic heterocycles. The summed E-state index contributed by atoms with van der Waals surface area (Å²) in [6.45, 7) is 0.969. The minimum atomic E-state index is 0.387. The van der Waals surface area contributed by atoms with Crippen molar-refractivity contribution in [1.82, 2.24) is 5.32 Å². The minimum Gasteiger partial charge on any atom is -0.313 e. The third-order valence-electron chi connectivity index (χ3n) is 3.67. The van der Waals surface area contributed by atoms with Crippen molar-refractivity contribution in [1.29, 1.82) is 0 Å². The molecule has 2 aliphatic carbocycles. The average Bonchev–Trinajstić information content (AvgIpc) is 2.19. The Bertz CT molecular complexity index is 214. The van der Waals surface area contributed by atoms with Gasteiger partial charge in [0.05, 0.1) is 0 Å². The molecule has 0 aromatic heterocycles. The van der Waals surface area contributed by atoms with Crippen molar-refractivity contribution >= 4 is 5.78 Å². The van der Waals surface area contributed by atoms with Gasteiger partial charge in [-0.05, 0) is 25.2 Å². The van der Waals surface area contributed by atoms with Crippen molar-refractivity contribution in [3.05, 3.63) is 0 Å². The largest absolute Gasteiger partial charge is 0.313 e. The highest BCUT2D eigenvalue weighted by molar-refractivity contribution is 5.86. The van der Waals surface area contributed by atoms with E-state index in [0.29, 0.717) is 23.7 Å². The summed E-state index contributed by atoms with van der Waals surface area (Å²) in [7, 11) is 0. The quantitative estimate of drug-likeness (QED) is 0.548. The molecule has 2 saturated carbocycles. The second kappa shape index (κ2) is 1.86. The number of ketones is 1. The van der Waals surface area contributed by atoms with Gasteiger partial charge in [-0.15, -0.1) is 0 Å². The maximum atomic E-state index is 11.6. The Labute approximate surface area is 66.4 Å². The first-order valence-corrected chi connectivity index (χ1v) is 4.61. The van der Waals surface area contributed by atoms with Gasteiger partial charge in [0.1, 0.15) is 5.78 Å². The van der Waals surface area contributed by atoms with Gasteiger partial charge in [-0.3, -0.25) is 4.79 Å². The Morgan fingerprint density at radius 2 is 2.18 bits per heavy atom. The van der Waals surface area contributed by atoms with Crippen LogP contribution in [0, 0.1) is 17.8 Å². The summed E-state index contributed by atoms with van der Waals surface area (Å²) in [5.74, 6) is 2.25. The maximum absolute atomic E-state index is 11.6. The summed E-state index contributed by atoms with van der Waals surface area (Å²) in [5, 5.41) is 3.48. The number of nitrogens with one attached hydrogen (secondary N) is 1. The SMILES string of the molecule is O=C1C2CNC3CC(C2)CC13. The fourth-order valence-electron chi connectivity index (χ4n) is 3.17. The Kier molecular flexibility index (Phi) is 1.05. The molecule has 11 heavy (non-hydrogen) atoms. The molecule has 0 aromatic carbocycles. The smallest absolute Gasteiger partial charge is 0.141 e. The molecule has 0 amide bonds. The topological polar surface area (TPSA) is 29.1 Å². The van der Waals surface area contributed by atoms with E-state index in [9.17, 15) is 4.79 Å². The second-order valence-electron chi connectivity index (χ2n) is 4.29. The van der Waals surface area contributed by atoms with Crippen molar-refractivity contribution in [2.45, 2.75) is 25.3 Å². The summed E-state index contributed by atoms with van der Waals surface area (Å²) < 4.78 is 0. The van der Waals surface area contributed by atoms with Crippen LogP contribution in [0.1, 0.15) is 19.3 Å². The van der Waals surface area contributed by atoms with E-state index in [2.05, 4.69) is 5.32 Å². The van der Waals surface area contributed by atoms with Gasteiger partial charge in [0, 0.05) is 24.4 Å². The molecule has 0 aromatic rings. The summed E-state index contributed by atoms with van der Waals surface area (Å²) in [6, 6.07) is 0.561. The van der Waals surface area contributed by atoms with Crippen LogP contribution in [0.2, 0.25) is 0 Å². The molecule has 1 N–H and O–H groups in total. The van der Waals surface area contributed by atoms with Crippen molar-refractivity contribution in [2.24, 2.45) is 17.8 Å². The lowest BCUT2D eigenvalue weighted by molar-refractivity contribution is -0.130. The highest BCUT2D eigenvalue weighted by Gasteiger charge is 2.49. The molecule has 3 rings (SSSR count). The molecular formula is C9H13NO. The van der Waals surface area contributed by atoms with E-state index in [1.54, 1.807) is 0 Å². The fourth-order valence-corrected chi connectivity index (χ4v) is 3.17. The van der Waals surface area contributed by atoms with Crippen LogP contribution in [0.4, 0.5) is 0 Å². The molecule has 2 nitrogen and oxygen atoms in total. The Morgan fingerprint density at radius 3 is 3.09 bits per heavy atom. The molecular weight excluding hydrogens is 138 g/mol. The van der Waals surface area contributed by atoms with Gasteiger partial charge in [0.15, 0.2) is 0 Å². The highest BCUT2D eigenvalue weighted by Crippen LogP contribution is 2.45. The van der Waals surface area contributed by atoms with Crippen LogP contribution in [0.15, 0.2) is 0 Å². The van der Waals surface area contributed by atoms with E-state index in [4.69, 9.17) is 0 Å². The van der Waals surface area contributed by atoms with E-state index in [-0.39, 0.29) is 0 Å². The Morgan fingerprint density at radius 1 is 1.27 bits per heavy atom. The van der Waals surface area contributed by atoms with Gasteiger partial charge >= 0.3 is 0 Å². The molecule has 3 fully saturated rings. The summed E-state index contributed by atoms with van der Waals surface area (Å²) in [5.41, 5.74) is 0. The standard InChI is InChI=1S/C9H13NO/c11-9-6-1-5-2-7(9)8(3-5)10-4-6/h5-8,10H,1-4H2. The van der Waals surface area contributed by atoms with Crippen LogP contribution in [0.5, 0.6) is 0 Å². The number of rotatable bonds is 0. The molecule has 4 unspecified atom stereocenters. The first-order valence-electron chi connectivity index (χ1n) is 4.61. The predicted molar refractivity (Wildman–Crippen MR) is 41.1 cm³/mol. The van der Waals surface area contributed by atoms with Crippen LogP contribution in [0.25, 0.3) is 0 Å². The minimum absolute atomic E-state index is 0.387. The summed E-state index contributed by atoms with van der Waals surface area (Å²) >= 11 is 0. The highest BCUT2D eigenvalue weighted by atomic mass is 16.1. The number of Topliss-reactive ketones (excluding diaryl/α,β-unsaturated/α-hetero) is 1. The van der Waals surface area contributed by atoms with Crippen molar-refractivity contribution < 1.29 is 4.79 Å². The van der Waals surface area contributed by atoms with Crippen molar-refractivity contribution in [3.8, 4) is 0 Å². The van der Waals surface area contributed by atoms with Crippen LogP contribution in [-0.4, -0.2) is 18.4 Å². The van der Waals surface area contributed by atoms with E-state index in [1.807, 2.05) is 0 Å². The molecule has 3 aliphatic rings. The molecule has 3 bridgehead atoms. The van der Waals surface area contributed by atoms with E-state index in [0.717, 1.165) is 12.5 Å². The number of carbonyl (C=O) groups is 1. The maximum Gasteiger partial charge on any atom is 0.141 e. The van der Waals surface area contributed by atoms with Crippen LogP contribution >= 0.6 is 0 Å². The number of piperidine rings is 1. The zero-order valence-corrected chi connectivity index (χ0v) is 6.55. The molecule has 2 heteroatoms. The summed E-state index contributed by atoms with van der Waals surface area (Å²) in [4.78, 5) is 11.6. The molecule has 0 spiro atoms. The Hall–Kier alpha value is -0.370. The van der Waals surface area contributed by atoms with Crippen molar-refractivity contribution in [2.75, 3.05) is 6.54 Å². The summed E-state index contributed by atoms with van der Waals surface area (Å²) in [6.07, 6.45) is 3.64. The first-order chi connectivity index (χ1) is 5.34. The van der Waals surface area contributed by atoms with Gasteiger partial charge in [-0.1, -0.05) is 0 Å². The molecule has 60 valence electrons. The van der Waals surface area contributed by atoms with Gasteiger partial charge in [0.25, 0.3) is 0 Å². The zero-order valence-electron chi connectivity index (χ0n) is 6.55. The average molecular weight is 151 g/mol. The molecule has 1 saturated heterocycles. The molecule has 4 atom stereocenters. The van der Waals surface area contributed by atoms with Crippen LogP contribution in [-0.2, 0) is 4.79 Å². The third-order valence-corrected chi connectivity index (χ3v) is 3.67. The van der Waals surface area contributed by atoms with Crippen LogP contribution in [0.3, 0.4) is 0 Å². The first kappa shape index (κ1) is 6.18. The lowest BCUT2D eigenvalue weighted by atomic mass is 9.77. The second-order valence-corrected chi connectivity index (χ2v) is 4.29. The number of hydrogen-bond acceptors (Lipinski definition) is 2. The molecule has 1 heterocycles. The Balaban J connectivity index is 2.02. The van der Waals surface area contributed by atoms with E-state index >= 15 is 0 Å². The van der Waals surface area contributed by atoms with E-state index in [1.165, 1.54) is 19.3 Å². The lowest BCUT2D eigenvalue weighted by Gasteiger charge is -2.33. The fraction of sp³-hybridized carbons (Fsp3) is 0.889. The van der Waals surface area contributed by atoms with Gasteiger partial charge in [-0.25, -0.2) is 0 Å². The number of fused-ring (bicyclic) bond motifs is 2. The van der Waals surface area contributed by atoms with Gasteiger partial charge in [-0.2, -0.15) is 0 Å². The van der Waals surface area contributed by atoms with Gasteiger partial charge < -0.3 is 5.32 Å². The predicted octanol–water partition coefficient (Wildman–Crippen LogP) is 0.573. The zero-order chi connectivity index (χ0) is 7.42. The normalized spacial score (nSPS) is 53.6. The molecule has 0 radical (unpaired) electrons. The number of hydrogen-bond donors (Lipinski definition) is 1. The third kappa shape index (κ3) is 0.684. The van der Waals surface area contributed by atoms with Crippen LogP contribution < -0.4 is 5.32 Å². The van der Waals surface area contributed by atoms with E-state index < -0.39 is 0 Å². The monoisotopic (exact) mass is 151 g/mol. The lowest BCUT2D eigenvalue weighted by Crippen LogP contribution is -2.48.